The molecule has 0 radical (unpaired) electrons. The van der Waals surface area contributed by atoms with Crippen LogP contribution in [0.5, 0.6) is 0 Å². The predicted molar refractivity (Wildman–Crippen MR) is 313 cm³/mol. The van der Waals surface area contributed by atoms with Crippen LogP contribution in [-0.2, 0) is 6.54 Å². The van der Waals surface area contributed by atoms with E-state index in [1.54, 1.807) is 6.08 Å². The van der Waals surface area contributed by atoms with E-state index < -0.39 is 0 Å². The third-order valence-electron chi connectivity index (χ3n) is 13.4. The molecule has 8 aromatic carbocycles. The summed E-state index contributed by atoms with van der Waals surface area (Å²) in [5, 5.41) is 14.2. The number of para-hydroxylation sites is 2. The fourth-order valence-electron chi connectivity index (χ4n) is 9.95. The number of aliphatic imine (C=N–C) groups is 2. The van der Waals surface area contributed by atoms with Gasteiger partial charge in [0.2, 0.25) is 0 Å². The van der Waals surface area contributed by atoms with Gasteiger partial charge < -0.3 is 13.4 Å². The molecule has 0 amide bonds. The first-order valence-corrected chi connectivity index (χ1v) is 25.0. The van der Waals surface area contributed by atoms with Crippen molar-refractivity contribution in [1.29, 1.82) is 5.41 Å². The number of fused-ring (bicyclic) bond motifs is 8. The number of hydrogen-bond donors (Lipinski definition) is 1. The van der Waals surface area contributed by atoms with Crippen LogP contribution < -0.4 is 0 Å². The summed E-state index contributed by atoms with van der Waals surface area (Å²) in [6.07, 6.45) is 13.9. The number of nitrogens with zero attached hydrogens (tertiary/aromatic N) is 3. The van der Waals surface area contributed by atoms with Crippen LogP contribution in [-0.4, -0.2) is 23.3 Å². The molecule has 12 aromatic rings. The first-order chi connectivity index (χ1) is 35.9. The van der Waals surface area contributed by atoms with E-state index >= 15 is 0 Å². The Kier molecular flexibility index (Phi) is 12.6. The molecule has 0 atom stereocenters. The molecule has 0 aliphatic rings. The first-order valence-electron chi connectivity index (χ1n) is 24.2. The zero-order valence-corrected chi connectivity index (χ0v) is 41.4. The van der Waals surface area contributed by atoms with Crippen molar-refractivity contribution in [2.75, 3.05) is 0 Å². The number of nitrogens with one attached hydrogen (secondary N) is 1. The number of aryl methyl sites for hydroxylation is 1. The average molecular weight is 963 g/mol. The van der Waals surface area contributed by atoms with Crippen molar-refractivity contribution >= 4 is 112 Å². The Hall–Kier alpha value is -9.17. The quantitative estimate of drug-likeness (QED) is 0.0796. The Bertz CT molecular complexity index is 4210. The zero-order valence-electron chi connectivity index (χ0n) is 40.6. The molecule has 352 valence electrons. The summed E-state index contributed by atoms with van der Waals surface area (Å²) in [7, 11) is 0. The van der Waals surface area contributed by atoms with E-state index in [0.717, 1.165) is 100 Å². The molecular weight excluding hydrogens is 913 g/mol. The number of hydrogen-bond acceptors (Lipinski definition) is 5. The summed E-state index contributed by atoms with van der Waals surface area (Å²) < 4.78 is 17.7. The Balaban J connectivity index is 0.000000516. The molecule has 6 nitrogen and oxygen atoms in total. The minimum atomic E-state index is 0.223. The molecule has 0 aliphatic heterocycles. The summed E-state index contributed by atoms with van der Waals surface area (Å²) in [4.78, 5) is 8.45. The van der Waals surface area contributed by atoms with E-state index in [0.29, 0.717) is 6.54 Å². The third-order valence-corrected chi connectivity index (χ3v) is 14.6. The van der Waals surface area contributed by atoms with Crippen LogP contribution in [0.3, 0.4) is 0 Å². The molecule has 73 heavy (non-hydrogen) atoms. The van der Waals surface area contributed by atoms with Crippen molar-refractivity contribution in [2.45, 2.75) is 20.4 Å². The monoisotopic (exact) mass is 962 g/mol. The highest BCUT2D eigenvalue weighted by molar-refractivity contribution is 7.26. The van der Waals surface area contributed by atoms with Gasteiger partial charge in [-0.3, -0.25) is 10.4 Å². The number of amidine groups is 1. The van der Waals surface area contributed by atoms with E-state index in [-0.39, 0.29) is 5.84 Å². The number of allylic oxidation sites excluding steroid dienone is 3. The second-order valence-corrected chi connectivity index (χ2v) is 18.8. The lowest BCUT2D eigenvalue weighted by molar-refractivity contribution is 0.602. The predicted octanol–water partition coefficient (Wildman–Crippen LogP) is 18.5. The maximum absolute atomic E-state index is 7.25. The van der Waals surface area contributed by atoms with E-state index in [2.05, 4.69) is 183 Å². The van der Waals surface area contributed by atoms with E-state index in [1.165, 1.54) is 31.1 Å². The zero-order chi connectivity index (χ0) is 50.0. The second-order valence-electron chi connectivity index (χ2n) is 17.8. The minimum absolute atomic E-state index is 0.223. The number of aromatic nitrogens is 1. The molecule has 0 bridgehead atoms. The summed E-state index contributed by atoms with van der Waals surface area (Å²) in [6, 6.07) is 59.2. The van der Waals surface area contributed by atoms with Gasteiger partial charge in [0.1, 0.15) is 22.5 Å². The molecule has 0 saturated heterocycles. The molecule has 0 spiro atoms. The maximum atomic E-state index is 7.25. The highest BCUT2D eigenvalue weighted by Gasteiger charge is 2.19. The number of benzene rings is 8. The van der Waals surface area contributed by atoms with E-state index in [1.807, 2.05) is 78.2 Å². The largest absolute Gasteiger partial charge is 0.456 e. The van der Waals surface area contributed by atoms with Crippen molar-refractivity contribution in [3.8, 4) is 27.9 Å². The number of furan rings is 2. The van der Waals surface area contributed by atoms with Crippen LogP contribution in [0.2, 0.25) is 0 Å². The molecule has 7 heteroatoms. The molecule has 4 heterocycles. The van der Waals surface area contributed by atoms with Crippen LogP contribution in [0.25, 0.3) is 110 Å². The van der Waals surface area contributed by atoms with E-state index in [4.69, 9.17) is 19.2 Å². The van der Waals surface area contributed by atoms with Gasteiger partial charge in [-0.15, -0.1) is 11.3 Å². The van der Waals surface area contributed by atoms with E-state index in [9.17, 15) is 0 Å². The summed E-state index contributed by atoms with van der Waals surface area (Å²) in [6.45, 7) is 16.0. The van der Waals surface area contributed by atoms with Crippen LogP contribution in [0, 0.1) is 12.3 Å². The molecular formula is C66H50N4O2S. The second kappa shape index (κ2) is 19.9. The normalized spacial score (nSPS) is 11.8. The SMILES string of the molecule is C=C/C=C\c1oc2c(-c3ccc(CN=Cc4cccc5oc6ccc(-c7cccc8sc9ccc(-n%10c(/C=C\C)c(C=C)c%11ccccc%11%10)cc9c78)cc6c45)cc3)cccc2c1C.C=NC(=N)c1ccccc1. The Morgan fingerprint density at radius 3 is 2.25 bits per heavy atom. The van der Waals surface area contributed by atoms with Gasteiger partial charge in [0.25, 0.3) is 0 Å². The van der Waals surface area contributed by atoms with Crippen molar-refractivity contribution in [3.05, 3.63) is 241 Å². The topological polar surface area (TPSA) is 79.8 Å². The Morgan fingerprint density at radius 2 is 1.44 bits per heavy atom. The fraction of sp³-hybridized carbons (Fsp3) is 0.0455. The Labute approximate surface area is 427 Å². The lowest BCUT2D eigenvalue weighted by Gasteiger charge is -2.11. The van der Waals surface area contributed by atoms with Gasteiger partial charge in [0, 0.05) is 81.4 Å². The van der Waals surface area contributed by atoms with Crippen LogP contribution in [0.15, 0.2) is 220 Å². The molecule has 0 unspecified atom stereocenters. The van der Waals surface area contributed by atoms with Gasteiger partial charge in [0.05, 0.1) is 17.8 Å². The van der Waals surface area contributed by atoms with Crippen LogP contribution >= 0.6 is 11.3 Å². The maximum Gasteiger partial charge on any atom is 0.151 e. The third kappa shape index (κ3) is 8.56. The fourth-order valence-corrected chi connectivity index (χ4v) is 11.1. The van der Waals surface area contributed by atoms with Crippen molar-refractivity contribution in [3.63, 3.8) is 0 Å². The Morgan fingerprint density at radius 1 is 0.671 bits per heavy atom. The molecule has 0 aliphatic carbocycles. The smallest absolute Gasteiger partial charge is 0.151 e. The molecule has 12 rings (SSSR count). The summed E-state index contributed by atoms with van der Waals surface area (Å²) >= 11 is 1.84. The first kappa shape index (κ1) is 46.2. The highest BCUT2D eigenvalue weighted by Crippen LogP contribution is 2.44. The molecule has 0 fully saturated rings. The van der Waals surface area contributed by atoms with Crippen LogP contribution in [0.1, 0.15) is 46.2 Å². The minimum Gasteiger partial charge on any atom is -0.456 e. The van der Waals surface area contributed by atoms with Gasteiger partial charge in [-0.1, -0.05) is 159 Å². The molecule has 0 saturated carbocycles. The summed E-state index contributed by atoms with van der Waals surface area (Å²) in [5.74, 6) is 1.08. The lowest BCUT2D eigenvalue weighted by atomic mass is 9.97. The van der Waals surface area contributed by atoms with Gasteiger partial charge in [-0.2, -0.15) is 0 Å². The van der Waals surface area contributed by atoms with Crippen LogP contribution in [0.4, 0.5) is 0 Å². The van der Waals surface area contributed by atoms with Gasteiger partial charge in [-0.05, 0) is 104 Å². The van der Waals surface area contributed by atoms with Gasteiger partial charge >= 0.3 is 0 Å². The highest BCUT2D eigenvalue weighted by atomic mass is 32.1. The van der Waals surface area contributed by atoms with Crippen molar-refractivity contribution in [1.82, 2.24) is 4.57 Å². The number of rotatable bonds is 11. The number of thiophene rings is 1. The van der Waals surface area contributed by atoms with Crippen molar-refractivity contribution in [2.24, 2.45) is 9.98 Å². The van der Waals surface area contributed by atoms with Gasteiger partial charge in [-0.25, -0.2) is 4.99 Å². The summed E-state index contributed by atoms with van der Waals surface area (Å²) in [5.41, 5.74) is 15.8. The molecule has 1 N–H and O–H groups in total. The standard InChI is InChI=1S/C58H42N2O2S.C8H8N2/c1-5-8-21-51-36(4)43-17-12-19-45(58(43)62-51)38-26-24-37(25-27-38)34-59-35-40-15-11-22-53-56(40)47-32-39(28-30-52(47)61-53)44-18-13-23-55-57(44)48-33-41(29-31-54(48)63-55)60-49(14-6-2)42(7-3)46-16-9-10-20-50(46)60;1-10-8(9)7-5-3-2-4-6-7/h5-33,35H,1,3,34H2,2,4H3;2-6,9H,1H2/b14-6-,21-8-,59-35?;. The lowest BCUT2D eigenvalue weighted by Crippen LogP contribution is -1.96. The van der Waals surface area contributed by atoms with Gasteiger partial charge in [0.15, 0.2) is 5.84 Å². The van der Waals surface area contributed by atoms with Crippen molar-refractivity contribution < 1.29 is 8.83 Å². The molecule has 4 aromatic heterocycles. The average Bonchev–Trinajstić information content (AvgIpc) is 4.19.